The molecule has 1 fully saturated rings. The number of hydrogen-bond donors (Lipinski definition) is 1. The second kappa shape index (κ2) is 7.11. The van der Waals surface area contributed by atoms with Gasteiger partial charge in [-0.2, -0.15) is 0 Å². The lowest BCUT2D eigenvalue weighted by Gasteiger charge is -2.39. The van der Waals surface area contributed by atoms with Crippen molar-refractivity contribution in [2.24, 2.45) is 0 Å². The van der Waals surface area contributed by atoms with Gasteiger partial charge in [0.15, 0.2) is 11.5 Å². The Morgan fingerprint density at radius 2 is 1.96 bits per heavy atom. The summed E-state index contributed by atoms with van der Waals surface area (Å²) in [6.45, 7) is 0.998. The summed E-state index contributed by atoms with van der Waals surface area (Å²) in [5.74, 6) is 0.728. The fraction of sp³-hybridized carbons (Fsp3) is 0.318. The van der Waals surface area contributed by atoms with E-state index in [0.717, 1.165) is 41.3 Å². The molecule has 0 radical (unpaired) electrons. The molecule has 2 unspecified atom stereocenters. The summed E-state index contributed by atoms with van der Waals surface area (Å²) in [7, 11) is 0. The summed E-state index contributed by atoms with van der Waals surface area (Å²) in [6, 6.07) is 15.9. The van der Waals surface area contributed by atoms with Crippen LogP contribution in [0, 0.1) is 0 Å². The number of nitrogens with zero attached hydrogens (tertiary/aromatic N) is 1. The van der Waals surface area contributed by atoms with E-state index >= 15 is 0 Å². The predicted molar refractivity (Wildman–Crippen MR) is 108 cm³/mol. The lowest BCUT2D eigenvalue weighted by molar-refractivity contribution is -0.145. The fourth-order valence-corrected chi connectivity index (χ4v) is 5.48. The van der Waals surface area contributed by atoms with Gasteiger partial charge in [0.1, 0.15) is 6.04 Å². The average Bonchev–Trinajstić information content (AvgIpc) is 3.34. The van der Waals surface area contributed by atoms with Crippen molar-refractivity contribution in [3.05, 3.63) is 59.0 Å². The highest BCUT2D eigenvalue weighted by molar-refractivity contribution is 7.19. The van der Waals surface area contributed by atoms with Crippen LogP contribution in [-0.2, 0) is 4.79 Å². The number of benzene rings is 2. The monoisotopic (exact) mass is 395 g/mol. The number of ether oxygens (including phenoxy) is 2. The molecule has 2 atom stereocenters. The van der Waals surface area contributed by atoms with Gasteiger partial charge in [0.2, 0.25) is 6.79 Å². The van der Waals surface area contributed by atoms with Crippen molar-refractivity contribution in [3.8, 4) is 11.5 Å². The fourth-order valence-electron chi connectivity index (χ4n) is 4.27. The largest absolute Gasteiger partial charge is 0.480 e. The molecular formula is C22H21NO4S. The minimum atomic E-state index is -0.744. The van der Waals surface area contributed by atoms with Crippen LogP contribution in [0.4, 0.5) is 0 Å². The Balaban J connectivity index is 1.64. The number of aliphatic carboxylic acids is 1. The van der Waals surface area contributed by atoms with E-state index < -0.39 is 12.0 Å². The SMILES string of the molecule is O=C(O)C1CCCCN1C(c1ccc2c(c1)OCO2)c1cc2ccccc2s1. The molecule has 0 amide bonds. The lowest BCUT2D eigenvalue weighted by atomic mass is 9.95. The molecule has 2 aromatic carbocycles. The smallest absolute Gasteiger partial charge is 0.320 e. The molecule has 2 aliphatic rings. The quantitative estimate of drug-likeness (QED) is 0.696. The van der Waals surface area contributed by atoms with Crippen LogP contribution in [0.1, 0.15) is 35.7 Å². The summed E-state index contributed by atoms with van der Waals surface area (Å²) in [4.78, 5) is 15.3. The summed E-state index contributed by atoms with van der Waals surface area (Å²) in [6.07, 6.45) is 2.64. The van der Waals surface area contributed by atoms with Crippen LogP contribution in [0.2, 0.25) is 0 Å². The van der Waals surface area contributed by atoms with Crippen molar-refractivity contribution in [2.75, 3.05) is 13.3 Å². The number of carboxylic acids is 1. The number of rotatable bonds is 4. The zero-order valence-corrected chi connectivity index (χ0v) is 16.2. The number of fused-ring (bicyclic) bond motifs is 2. The van der Waals surface area contributed by atoms with E-state index in [1.807, 2.05) is 30.3 Å². The number of carbonyl (C=O) groups is 1. The van der Waals surface area contributed by atoms with Crippen molar-refractivity contribution >= 4 is 27.4 Å². The molecule has 3 aromatic rings. The van der Waals surface area contributed by atoms with Crippen molar-refractivity contribution in [2.45, 2.75) is 31.3 Å². The van der Waals surface area contributed by atoms with E-state index in [1.54, 1.807) is 11.3 Å². The van der Waals surface area contributed by atoms with Gasteiger partial charge in [-0.3, -0.25) is 9.69 Å². The first kappa shape index (κ1) is 17.5. The molecule has 1 aromatic heterocycles. The number of carboxylic acid groups (broad SMARTS) is 1. The van der Waals surface area contributed by atoms with Crippen molar-refractivity contribution in [3.63, 3.8) is 0 Å². The Morgan fingerprint density at radius 3 is 2.82 bits per heavy atom. The molecule has 5 nitrogen and oxygen atoms in total. The normalized spacial score (nSPS) is 20.4. The second-order valence-electron chi connectivity index (χ2n) is 7.29. The van der Waals surface area contributed by atoms with Gasteiger partial charge in [0.05, 0.1) is 6.04 Å². The maximum Gasteiger partial charge on any atom is 0.320 e. The van der Waals surface area contributed by atoms with Gasteiger partial charge in [-0.05, 0) is 54.6 Å². The molecule has 0 spiro atoms. The molecule has 2 aliphatic heterocycles. The van der Waals surface area contributed by atoms with E-state index in [9.17, 15) is 9.90 Å². The van der Waals surface area contributed by atoms with Gasteiger partial charge in [0, 0.05) is 9.58 Å². The highest BCUT2D eigenvalue weighted by Crippen LogP contribution is 2.42. The Labute approximate surface area is 167 Å². The number of piperidine rings is 1. The Bertz CT molecular complexity index is 997. The van der Waals surface area contributed by atoms with Crippen LogP contribution in [0.15, 0.2) is 48.5 Å². The Hall–Kier alpha value is -2.57. The Morgan fingerprint density at radius 1 is 1.11 bits per heavy atom. The van der Waals surface area contributed by atoms with Crippen LogP contribution in [0.5, 0.6) is 11.5 Å². The topological polar surface area (TPSA) is 59.0 Å². The molecule has 0 bridgehead atoms. The first-order valence-electron chi connectivity index (χ1n) is 9.57. The third kappa shape index (κ3) is 3.02. The zero-order valence-electron chi connectivity index (χ0n) is 15.3. The van der Waals surface area contributed by atoms with E-state index in [-0.39, 0.29) is 12.8 Å². The minimum absolute atomic E-state index is 0.117. The van der Waals surface area contributed by atoms with Gasteiger partial charge >= 0.3 is 5.97 Å². The number of likely N-dealkylation sites (tertiary alicyclic amines) is 1. The van der Waals surface area contributed by atoms with E-state index in [2.05, 4.69) is 23.1 Å². The van der Waals surface area contributed by atoms with Crippen molar-refractivity contribution < 1.29 is 19.4 Å². The number of hydrogen-bond acceptors (Lipinski definition) is 5. The highest BCUT2D eigenvalue weighted by atomic mass is 32.1. The van der Waals surface area contributed by atoms with Crippen molar-refractivity contribution in [1.29, 1.82) is 0 Å². The maximum atomic E-state index is 12.0. The van der Waals surface area contributed by atoms with E-state index in [1.165, 1.54) is 10.1 Å². The number of thiophene rings is 1. The lowest BCUT2D eigenvalue weighted by Crippen LogP contribution is -2.46. The maximum absolute atomic E-state index is 12.0. The van der Waals surface area contributed by atoms with Gasteiger partial charge in [0.25, 0.3) is 0 Å². The van der Waals surface area contributed by atoms with Crippen LogP contribution in [0.3, 0.4) is 0 Å². The molecule has 28 heavy (non-hydrogen) atoms. The molecule has 3 heterocycles. The van der Waals surface area contributed by atoms with Gasteiger partial charge in [-0.15, -0.1) is 11.3 Å². The van der Waals surface area contributed by atoms with Gasteiger partial charge in [-0.1, -0.05) is 30.7 Å². The van der Waals surface area contributed by atoms with Crippen LogP contribution in [-0.4, -0.2) is 35.4 Å². The minimum Gasteiger partial charge on any atom is -0.480 e. The Kier molecular flexibility index (Phi) is 4.45. The van der Waals surface area contributed by atoms with E-state index in [0.29, 0.717) is 6.42 Å². The third-order valence-corrected chi connectivity index (χ3v) is 6.76. The average molecular weight is 395 g/mol. The van der Waals surface area contributed by atoms with Crippen LogP contribution >= 0.6 is 11.3 Å². The summed E-state index contributed by atoms with van der Waals surface area (Å²) >= 11 is 1.73. The standard InChI is InChI=1S/C22H21NO4S/c24-22(25)16-6-3-4-10-23(16)21(15-8-9-17-18(11-15)27-13-26-17)20-12-14-5-1-2-7-19(14)28-20/h1-2,5,7-9,11-12,16,21H,3-4,6,10,13H2,(H,24,25). The van der Waals surface area contributed by atoms with Crippen LogP contribution < -0.4 is 9.47 Å². The predicted octanol–water partition coefficient (Wildman–Crippen LogP) is 4.66. The third-order valence-electron chi connectivity index (χ3n) is 5.59. The summed E-state index contributed by atoms with van der Waals surface area (Å²) in [5, 5.41) is 11.1. The van der Waals surface area contributed by atoms with Gasteiger partial charge < -0.3 is 14.6 Å². The first-order chi connectivity index (χ1) is 13.7. The van der Waals surface area contributed by atoms with Crippen molar-refractivity contribution in [1.82, 2.24) is 4.90 Å². The van der Waals surface area contributed by atoms with E-state index in [4.69, 9.17) is 9.47 Å². The summed E-state index contributed by atoms with van der Waals surface area (Å²) < 4.78 is 12.3. The zero-order chi connectivity index (χ0) is 19.1. The molecule has 5 rings (SSSR count). The molecule has 1 saturated heterocycles. The first-order valence-corrected chi connectivity index (χ1v) is 10.4. The van der Waals surface area contributed by atoms with Crippen LogP contribution in [0.25, 0.3) is 10.1 Å². The highest BCUT2D eigenvalue weighted by Gasteiger charge is 2.36. The van der Waals surface area contributed by atoms with Gasteiger partial charge in [-0.25, -0.2) is 0 Å². The molecule has 0 aliphatic carbocycles. The molecule has 0 saturated carbocycles. The molecule has 6 heteroatoms. The summed E-state index contributed by atoms with van der Waals surface area (Å²) in [5.41, 5.74) is 1.05. The second-order valence-corrected chi connectivity index (χ2v) is 8.40. The molecule has 1 N–H and O–H groups in total. The molecular weight excluding hydrogens is 374 g/mol. The molecule has 144 valence electrons.